The van der Waals surface area contributed by atoms with Crippen molar-refractivity contribution in [2.45, 2.75) is 44.9 Å². The summed E-state index contributed by atoms with van der Waals surface area (Å²) in [6.45, 7) is 12.0. The predicted octanol–water partition coefficient (Wildman–Crippen LogP) is 4.43. The lowest BCUT2D eigenvalue weighted by Gasteiger charge is -2.37. The van der Waals surface area contributed by atoms with E-state index in [1.54, 1.807) is 0 Å². The fourth-order valence-corrected chi connectivity index (χ4v) is 3.51. The first-order valence-electron chi connectivity index (χ1n) is 5.33. The lowest BCUT2D eigenvalue weighted by Crippen LogP contribution is -2.39. The van der Waals surface area contributed by atoms with Gasteiger partial charge < -0.3 is 0 Å². The molecule has 1 rings (SSSR count). The number of aromatic nitrogens is 1. The van der Waals surface area contributed by atoms with Crippen LogP contribution in [0.4, 0.5) is 0 Å². The molecule has 0 spiro atoms. The second-order valence-electron chi connectivity index (χ2n) is 5.80. The quantitative estimate of drug-likeness (QED) is 0.579. The van der Waals surface area contributed by atoms with Gasteiger partial charge in [-0.05, 0) is 44.7 Å². The first kappa shape index (κ1) is 12.9. The second-order valence-corrected chi connectivity index (χ2v) is 12.2. The van der Waals surface area contributed by atoms with Crippen molar-refractivity contribution in [1.82, 2.24) is 4.98 Å². The van der Waals surface area contributed by atoms with Gasteiger partial charge >= 0.3 is 0 Å². The molecule has 0 atom stereocenters. The van der Waals surface area contributed by atoms with Crippen LogP contribution in [0.5, 0.6) is 0 Å². The van der Waals surface area contributed by atoms with E-state index in [9.17, 15) is 0 Å². The maximum Gasteiger partial charge on any atom is 0.106 e. The van der Waals surface area contributed by atoms with Crippen LogP contribution in [-0.4, -0.2) is 13.1 Å². The summed E-state index contributed by atoms with van der Waals surface area (Å²) < 4.78 is 0.943. The maximum atomic E-state index is 4.16. The van der Waals surface area contributed by atoms with Gasteiger partial charge in [0.15, 0.2) is 0 Å². The van der Waals surface area contributed by atoms with Gasteiger partial charge in [0.2, 0.25) is 0 Å². The summed E-state index contributed by atoms with van der Waals surface area (Å²) in [5.74, 6) is 0. The highest BCUT2D eigenvalue weighted by atomic mass is 79.9. The van der Waals surface area contributed by atoms with Crippen molar-refractivity contribution in [2.24, 2.45) is 0 Å². The van der Waals surface area contributed by atoms with E-state index < -0.39 is 8.07 Å². The topological polar surface area (TPSA) is 12.9 Å². The van der Waals surface area contributed by atoms with Crippen LogP contribution in [0.3, 0.4) is 0 Å². The molecule has 0 amide bonds. The number of nitrogens with zero attached hydrogens (tertiary/aromatic N) is 1. The van der Waals surface area contributed by atoms with Gasteiger partial charge in [0.1, 0.15) is 4.60 Å². The molecule has 0 fully saturated rings. The van der Waals surface area contributed by atoms with Crippen molar-refractivity contribution in [1.29, 1.82) is 0 Å². The summed E-state index contributed by atoms with van der Waals surface area (Å²) in [7, 11) is -1.22. The minimum absolute atomic E-state index is 0.447. The summed E-state index contributed by atoms with van der Waals surface area (Å²) in [6, 6.07) is 5.49. The Morgan fingerprint density at radius 2 is 1.93 bits per heavy atom. The fourth-order valence-electron chi connectivity index (χ4n) is 1.33. The molecule has 0 bridgehead atoms. The number of pyridine rings is 1. The molecular formula is C12H20BrNSi. The van der Waals surface area contributed by atoms with Gasteiger partial charge in [0.25, 0.3) is 0 Å². The highest BCUT2D eigenvalue weighted by Crippen LogP contribution is 2.38. The molecule has 1 nitrogen and oxygen atoms in total. The Labute approximate surface area is 102 Å². The third-order valence-electron chi connectivity index (χ3n) is 3.47. The van der Waals surface area contributed by atoms with Crippen molar-refractivity contribution in [3.8, 4) is 0 Å². The van der Waals surface area contributed by atoms with E-state index in [-0.39, 0.29) is 0 Å². The summed E-state index contributed by atoms with van der Waals surface area (Å²) in [6.07, 6.45) is 1.88. The number of halogens is 1. The molecule has 15 heavy (non-hydrogen) atoms. The molecule has 1 aromatic rings. The lowest BCUT2D eigenvalue weighted by molar-refractivity contribution is 0.713. The van der Waals surface area contributed by atoms with Crippen LogP contribution in [0.1, 0.15) is 26.3 Å². The predicted molar refractivity (Wildman–Crippen MR) is 72.8 cm³/mol. The molecule has 1 heterocycles. The minimum atomic E-state index is -1.22. The summed E-state index contributed by atoms with van der Waals surface area (Å²) in [5, 5.41) is 0.447. The van der Waals surface area contributed by atoms with Gasteiger partial charge in [-0.1, -0.05) is 33.9 Å². The van der Waals surface area contributed by atoms with E-state index in [1.807, 2.05) is 6.20 Å². The van der Waals surface area contributed by atoms with E-state index in [0.29, 0.717) is 5.04 Å². The average molecular weight is 286 g/mol. The van der Waals surface area contributed by atoms with E-state index >= 15 is 0 Å². The standard InChI is InChI=1S/C12H20BrNSi/c1-12(2,3)15(4,5)9-10-6-7-14-11(13)8-10/h6-8H,9H2,1-5H3. The number of hydrogen-bond acceptors (Lipinski definition) is 1. The van der Waals surface area contributed by atoms with Gasteiger partial charge in [-0.15, -0.1) is 0 Å². The van der Waals surface area contributed by atoms with Crippen LogP contribution in [0.25, 0.3) is 0 Å². The molecule has 3 heteroatoms. The van der Waals surface area contributed by atoms with E-state index in [0.717, 1.165) is 4.60 Å². The van der Waals surface area contributed by atoms with Crippen molar-refractivity contribution in [3.63, 3.8) is 0 Å². The van der Waals surface area contributed by atoms with Gasteiger partial charge in [0, 0.05) is 6.20 Å². The van der Waals surface area contributed by atoms with Crippen molar-refractivity contribution in [3.05, 3.63) is 28.5 Å². The first-order chi connectivity index (χ1) is 6.72. The number of hydrogen-bond donors (Lipinski definition) is 0. The molecule has 0 unspecified atom stereocenters. The Bertz CT molecular complexity index is 342. The smallest absolute Gasteiger partial charge is 0.106 e. The molecule has 1 aromatic heterocycles. The molecule has 0 aliphatic rings. The van der Waals surface area contributed by atoms with Gasteiger partial charge in [-0.2, -0.15) is 0 Å². The van der Waals surface area contributed by atoms with Gasteiger partial charge in [-0.3, -0.25) is 0 Å². The molecule has 0 saturated heterocycles. The molecule has 0 N–H and O–H groups in total. The summed E-state index contributed by atoms with van der Waals surface area (Å²) in [5.41, 5.74) is 1.41. The molecule has 0 saturated carbocycles. The lowest BCUT2D eigenvalue weighted by atomic mass is 10.2. The van der Waals surface area contributed by atoms with Crippen LogP contribution in [-0.2, 0) is 6.04 Å². The van der Waals surface area contributed by atoms with Crippen LogP contribution in [0.2, 0.25) is 18.1 Å². The van der Waals surface area contributed by atoms with Crippen LogP contribution in [0.15, 0.2) is 22.9 Å². The zero-order chi connectivity index (χ0) is 11.7. The molecule has 0 aromatic carbocycles. The fraction of sp³-hybridized carbons (Fsp3) is 0.583. The Kier molecular flexibility index (Phi) is 3.77. The molecule has 84 valence electrons. The SMILES string of the molecule is CC(C)(C)[Si](C)(C)Cc1ccnc(Br)c1. The summed E-state index contributed by atoms with van der Waals surface area (Å²) in [4.78, 5) is 4.16. The van der Waals surface area contributed by atoms with Crippen LogP contribution in [0, 0.1) is 0 Å². The minimum Gasteiger partial charge on any atom is -0.249 e. The van der Waals surface area contributed by atoms with Crippen LogP contribution < -0.4 is 0 Å². The third kappa shape index (κ3) is 3.42. The Morgan fingerprint density at radius 1 is 1.33 bits per heavy atom. The van der Waals surface area contributed by atoms with Gasteiger partial charge in [-0.25, -0.2) is 4.98 Å². The Hall–Kier alpha value is -0.153. The number of rotatable bonds is 2. The third-order valence-corrected chi connectivity index (χ3v) is 9.25. The second kappa shape index (κ2) is 4.38. The maximum absolute atomic E-state index is 4.16. The zero-order valence-corrected chi connectivity index (χ0v) is 12.9. The van der Waals surface area contributed by atoms with E-state index in [2.05, 4.69) is 66.9 Å². The highest BCUT2D eigenvalue weighted by Gasteiger charge is 2.34. The van der Waals surface area contributed by atoms with Gasteiger partial charge in [0.05, 0.1) is 8.07 Å². The molecule has 0 aliphatic carbocycles. The Balaban J connectivity index is 2.87. The largest absolute Gasteiger partial charge is 0.249 e. The van der Waals surface area contributed by atoms with E-state index in [1.165, 1.54) is 11.6 Å². The molecule has 0 radical (unpaired) electrons. The van der Waals surface area contributed by atoms with E-state index in [4.69, 9.17) is 0 Å². The molecular weight excluding hydrogens is 266 g/mol. The van der Waals surface area contributed by atoms with Crippen molar-refractivity contribution in [2.75, 3.05) is 0 Å². The van der Waals surface area contributed by atoms with Crippen LogP contribution >= 0.6 is 15.9 Å². The zero-order valence-electron chi connectivity index (χ0n) is 10.3. The first-order valence-corrected chi connectivity index (χ1v) is 9.33. The Morgan fingerprint density at radius 3 is 2.40 bits per heavy atom. The van der Waals surface area contributed by atoms with Crippen molar-refractivity contribution < 1.29 is 0 Å². The molecule has 0 aliphatic heterocycles. The average Bonchev–Trinajstić information content (AvgIpc) is 2.00. The monoisotopic (exact) mass is 285 g/mol. The summed E-state index contributed by atoms with van der Waals surface area (Å²) >= 11 is 3.42. The normalized spacial score (nSPS) is 12.9. The highest BCUT2D eigenvalue weighted by molar-refractivity contribution is 9.10. The van der Waals surface area contributed by atoms with Crippen molar-refractivity contribution >= 4 is 24.0 Å².